The first-order valence-corrected chi connectivity index (χ1v) is 11.9. The minimum Gasteiger partial charge on any atom is -0.382 e. The summed E-state index contributed by atoms with van der Waals surface area (Å²) >= 11 is 0. The Hall–Kier alpha value is -5.23. The average molecular weight is 507 g/mol. The number of fused-ring (bicyclic) bond motifs is 1. The van der Waals surface area contributed by atoms with Crippen molar-refractivity contribution < 1.29 is 9.59 Å². The number of pyridine rings is 1. The quantitative estimate of drug-likeness (QED) is 0.201. The van der Waals surface area contributed by atoms with Crippen LogP contribution in [-0.2, 0) is 4.79 Å². The van der Waals surface area contributed by atoms with Crippen molar-refractivity contribution in [2.45, 2.75) is 19.4 Å². The van der Waals surface area contributed by atoms with Crippen LogP contribution in [0.3, 0.4) is 0 Å². The van der Waals surface area contributed by atoms with Crippen molar-refractivity contribution in [2.75, 3.05) is 12.3 Å². The molecule has 0 radical (unpaired) electrons. The van der Waals surface area contributed by atoms with Gasteiger partial charge >= 0.3 is 0 Å². The van der Waals surface area contributed by atoms with Gasteiger partial charge in [0.15, 0.2) is 11.5 Å². The van der Waals surface area contributed by atoms with E-state index in [0.717, 1.165) is 0 Å². The normalized spacial score (nSPS) is 11.2. The molecule has 0 aliphatic rings. The molecule has 38 heavy (non-hydrogen) atoms. The van der Waals surface area contributed by atoms with E-state index in [9.17, 15) is 14.4 Å². The van der Waals surface area contributed by atoms with Crippen LogP contribution in [0.4, 0.5) is 5.82 Å². The molecular weight excluding hydrogens is 480 g/mol. The molecule has 0 saturated carbocycles. The lowest BCUT2D eigenvalue weighted by Crippen LogP contribution is -2.33. The second kappa shape index (κ2) is 11.7. The number of anilines is 1. The smallest absolute Gasteiger partial charge is 0.274 e. The van der Waals surface area contributed by atoms with E-state index >= 15 is 0 Å². The van der Waals surface area contributed by atoms with Gasteiger partial charge in [-0.3, -0.25) is 19.0 Å². The number of nitrogens with one attached hydrogen (secondary N) is 2. The molecule has 0 unspecified atom stereocenters. The highest BCUT2D eigenvalue weighted by molar-refractivity contribution is 5.96. The third-order valence-corrected chi connectivity index (χ3v) is 5.78. The average Bonchev–Trinajstić information content (AvgIpc) is 2.93. The maximum absolute atomic E-state index is 14.0. The summed E-state index contributed by atoms with van der Waals surface area (Å²) in [5.74, 6) is 5.34. The van der Waals surface area contributed by atoms with Crippen LogP contribution in [0.25, 0.3) is 16.5 Å². The minimum absolute atomic E-state index is 0.00980. The number of benzene rings is 2. The Bertz CT molecular complexity index is 1630. The lowest BCUT2D eigenvalue weighted by molar-refractivity contribution is -0.116. The van der Waals surface area contributed by atoms with Gasteiger partial charge in [0, 0.05) is 42.3 Å². The zero-order valence-corrected chi connectivity index (χ0v) is 20.8. The van der Waals surface area contributed by atoms with E-state index in [1.807, 2.05) is 48.5 Å². The Balaban J connectivity index is 1.77. The zero-order valence-electron chi connectivity index (χ0n) is 20.8. The number of carbonyl (C=O) groups is 2. The number of hydrogen-bond acceptors (Lipinski definition) is 6. The highest BCUT2D eigenvalue weighted by atomic mass is 16.2. The molecule has 0 spiro atoms. The van der Waals surface area contributed by atoms with Crippen molar-refractivity contribution in [3.63, 3.8) is 0 Å². The molecule has 0 saturated heterocycles. The number of carbonyl (C=O) groups excluding carboxylic acids is 2. The SMILES string of the molecule is C=CC(=O)NCCC#Cc1cccc2cc([C@H](C)NC(=O)c3nccnc3N)n(-c3ccccc3)c(=O)c12. The van der Waals surface area contributed by atoms with Gasteiger partial charge in [-0.15, -0.1) is 0 Å². The van der Waals surface area contributed by atoms with Crippen molar-refractivity contribution in [3.8, 4) is 17.5 Å². The van der Waals surface area contributed by atoms with Gasteiger partial charge in [0.25, 0.3) is 11.5 Å². The summed E-state index contributed by atoms with van der Waals surface area (Å²) in [6, 6.07) is 15.9. The fraction of sp³-hybridized carbons (Fsp3) is 0.138. The topological polar surface area (TPSA) is 132 Å². The molecule has 2 aromatic carbocycles. The van der Waals surface area contributed by atoms with Crippen molar-refractivity contribution in [1.82, 2.24) is 25.2 Å². The van der Waals surface area contributed by atoms with Gasteiger partial charge in [-0.05, 0) is 42.7 Å². The second-order valence-corrected chi connectivity index (χ2v) is 8.35. The van der Waals surface area contributed by atoms with Crippen LogP contribution in [-0.4, -0.2) is 32.9 Å². The molecule has 4 rings (SSSR count). The summed E-state index contributed by atoms with van der Waals surface area (Å²) in [5.41, 5.74) is 7.35. The Morgan fingerprint density at radius 3 is 2.63 bits per heavy atom. The van der Waals surface area contributed by atoms with Crippen LogP contribution < -0.4 is 21.9 Å². The van der Waals surface area contributed by atoms with Crippen LogP contribution in [0.5, 0.6) is 0 Å². The fourth-order valence-electron chi connectivity index (χ4n) is 3.99. The van der Waals surface area contributed by atoms with Crippen LogP contribution in [0, 0.1) is 11.8 Å². The lowest BCUT2D eigenvalue weighted by Gasteiger charge is -2.21. The van der Waals surface area contributed by atoms with Gasteiger partial charge in [-0.1, -0.05) is 48.8 Å². The van der Waals surface area contributed by atoms with E-state index in [0.29, 0.717) is 40.7 Å². The molecule has 1 atom stereocenters. The van der Waals surface area contributed by atoms with E-state index in [2.05, 4.69) is 39.0 Å². The summed E-state index contributed by atoms with van der Waals surface area (Å²) in [7, 11) is 0. The van der Waals surface area contributed by atoms with E-state index < -0.39 is 11.9 Å². The molecule has 0 aliphatic carbocycles. The van der Waals surface area contributed by atoms with Crippen LogP contribution in [0.2, 0.25) is 0 Å². The van der Waals surface area contributed by atoms with Crippen molar-refractivity contribution in [2.24, 2.45) is 0 Å². The monoisotopic (exact) mass is 506 g/mol. The summed E-state index contributed by atoms with van der Waals surface area (Å²) in [6.45, 7) is 5.57. The first-order chi connectivity index (χ1) is 18.4. The van der Waals surface area contributed by atoms with E-state index in [1.54, 1.807) is 17.6 Å². The zero-order chi connectivity index (χ0) is 27.1. The molecule has 4 aromatic rings. The van der Waals surface area contributed by atoms with E-state index in [1.165, 1.54) is 18.5 Å². The van der Waals surface area contributed by atoms with E-state index in [-0.39, 0.29) is 23.0 Å². The molecule has 9 heteroatoms. The summed E-state index contributed by atoms with van der Waals surface area (Å²) in [6.07, 6.45) is 4.41. The van der Waals surface area contributed by atoms with Gasteiger partial charge in [0.05, 0.1) is 11.4 Å². The van der Waals surface area contributed by atoms with Gasteiger partial charge in [-0.25, -0.2) is 9.97 Å². The van der Waals surface area contributed by atoms with Crippen LogP contribution in [0.1, 0.15) is 41.1 Å². The number of nitrogen functional groups attached to an aromatic ring is 1. The molecule has 9 nitrogen and oxygen atoms in total. The van der Waals surface area contributed by atoms with Gasteiger partial charge in [-0.2, -0.15) is 0 Å². The molecule has 0 bridgehead atoms. The minimum atomic E-state index is -0.579. The standard InChI is InChI=1S/C29H26N6O3/c1-3-24(36)31-15-8-7-10-20-11-9-12-21-18-23(19(2)34-28(37)26-27(30)33-17-16-32-26)35(29(38)25(20)21)22-13-5-4-6-14-22/h3-6,9,11-14,16-19H,1,8,15H2,2H3,(H2,30,33)(H,31,36)(H,34,37)/t19-/m0/s1. The number of nitrogens with two attached hydrogens (primary N) is 1. The Morgan fingerprint density at radius 1 is 1.13 bits per heavy atom. The number of rotatable bonds is 7. The summed E-state index contributed by atoms with van der Waals surface area (Å²) in [4.78, 5) is 46.2. The number of para-hydroxylation sites is 1. The first-order valence-electron chi connectivity index (χ1n) is 11.9. The predicted octanol–water partition coefficient (Wildman–Crippen LogP) is 2.90. The highest BCUT2D eigenvalue weighted by Crippen LogP contribution is 2.23. The second-order valence-electron chi connectivity index (χ2n) is 8.35. The Morgan fingerprint density at radius 2 is 1.89 bits per heavy atom. The number of nitrogens with zero attached hydrogens (tertiary/aromatic N) is 3. The number of aromatic nitrogens is 3. The van der Waals surface area contributed by atoms with Crippen molar-refractivity contribution >= 4 is 28.4 Å². The molecule has 2 aromatic heterocycles. The van der Waals surface area contributed by atoms with Gasteiger partial charge in [0.1, 0.15) is 0 Å². The third-order valence-electron chi connectivity index (χ3n) is 5.78. The largest absolute Gasteiger partial charge is 0.382 e. The van der Waals surface area contributed by atoms with Crippen molar-refractivity contribution in [3.05, 3.63) is 107 Å². The van der Waals surface area contributed by atoms with Crippen LogP contribution in [0.15, 0.2) is 84.4 Å². The molecule has 2 amide bonds. The van der Waals surface area contributed by atoms with Crippen molar-refractivity contribution in [1.29, 1.82) is 0 Å². The van der Waals surface area contributed by atoms with Gasteiger partial charge < -0.3 is 16.4 Å². The number of amides is 2. The summed E-state index contributed by atoms with van der Waals surface area (Å²) < 4.78 is 1.57. The van der Waals surface area contributed by atoms with E-state index in [4.69, 9.17) is 5.73 Å². The lowest BCUT2D eigenvalue weighted by atomic mass is 10.0. The maximum atomic E-state index is 14.0. The molecule has 0 fully saturated rings. The molecule has 4 N–H and O–H groups in total. The summed E-state index contributed by atoms with van der Waals surface area (Å²) in [5, 5.41) is 6.70. The van der Waals surface area contributed by atoms with Crippen LogP contribution >= 0.6 is 0 Å². The first kappa shape index (κ1) is 25.9. The Kier molecular flexibility index (Phi) is 7.94. The molecular formula is C29H26N6O3. The Labute approximate surface area is 219 Å². The van der Waals surface area contributed by atoms with Gasteiger partial charge in [0.2, 0.25) is 5.91 Å². The highest BCUT2D eigenvalue weighted by Gasteiger charge is 2.21. The molecule has 2 heterocycles. The number of hydrogen-bond donors (Lipinski definition) is 3. The third kappa shape index (κ3) is 5.60. The molecule has 0 aliphatic heterocycles. The molecule has 190 valence electrons. The predicted molar refractivity (Wildman–Crippen MR) is 147 cm³/mol. The fourth-order valence-corrected chi connectivity index (χ4v) is 3.99. The maximum Gasteiger partial charge on any atom is 0.274 e.